The molecule has 9 heteroatoms. The first-order chi connectivity index (χ1) is 20.8. The number of carbonyl (C=O) groups is 2. The molecule has 0 heterocycles. The molecule has 0 radical (unpaired) electrons. The summed E-state index contributed by atoms with van der Waals surface area (Å²) in [6.07, 6.45) is 29.7. The van der Waals surface area contributed by atoms with Gasteiger partial charge in [-0.25, -0.2) is 4.57 Å². The van der Waals surface area contributed by atoms with Gasteiger partial charge in [-0.05, 0) is 12.8 Å². The minimum absolute atomic E-state index is 0.219. The number of phosphoric ester groups is 1. The lowest BCUT2D eigenvalue weighted by atomic mass is 10.0. The van der Waals surface area contributed by atoms with Crippen molar-refractivity contribution in [3.8, 4) is 0 Å². The van der Waals surface area contributed by atoms with Crippen molar-refractivity contribution in [3.05, 3.63) is 0 Å². The fourth-order valence-corrected chi connectivity index (χ4v) is 5.56. The van der Waals surface area contributed by atoms with Crippen molar-refractivity contribution < 1.29 is 37.9 Å². The zero-order chi connectivity index (χ0) is 31.9. The Kier molecular flexibility index (Phi) is 30.4. The van der Waals surface area contributed by atoms with Crippen molar-refractivity contribution in [3.63, 3.8) is 0 Å². The maximum absolute atomic E-state index is 12.3. The van der Waals surface area contributed by atoms with Crippen molar-refractivity contribution in [2.24, 2.45) is 0 Å². The van der Waals surface area contributed by atoms with Crippen LogP contribution in [0.25, 0.3) is 0 Å². The Bertz CT molecular complexity index is 681. The van der Waals surface area contributed by atoms with Gasteiger partial charge in [-0.15, -0.1) is 0 Å². The SMILES string of the molecule is CCCCCCCCCCCCCCCCCC(=O)O[C@H](COC(=O)CCCCCCCCCCCC)COP(=O)(O)O. The largest absolute Gasteiger partial charge is 0.469 e. The molecule has 0 aromatic carbocycles. The Labute approximate surface area is 264 Å². The second-order valence-corrected chi connectivity index (χ2v) is 13.5. The Hall–Kier alpha value is -0.950. The van der Waals surface area contributed by atoms with Crippen LogP contribution in [0.5, 0.6) is 0 Å². The van der Waals surface area contributed by atoms with Crippen LogP contribution in [-0.2, 0) is 28.2 Å². The highest BCUT2D eigenvalue weighted by Gasteiger charge is 2.22. The lowest BCUT2D eigenvalue weighted by Crippen LogP contribution is -2.29. The molecular formula is C34H67O8P. The van der Waals surface area contributed by atoms with E-state index in [9.17, 15) is 14.2 Å². The van der Waals surface area contributed by atoms with E-state index in [1.54, 1.807) is 0 Å². The normalized spacial score (nSPS) is 12.4. The van der Waals surface area contributed by atoms with Crippen LogP contribution in [0.15, 0.2) is 0 Å². The second-order valence-electron chi connectivity index (χ2n) is 12.2. The first-order valence-electron chi connectivity index (χ1n) is 17.8. The van der Waals surface area contributed by atoms with E-state index in [0.717, 1.165) is 32.1 Å². The van der Waals surface area contributed by atoms with Gasteiger partial charge in [-0.3, -0.25) is 14.1 Å². The van der Waals surface area contributed by atoms with Gasteiger partial charge in [0.25, 0.3) is 0 Å². The molecular weight excluding hydrogens is 567 g/mol. The van der Waals surface area contributed by atoms with Gasteiger partial charge in [0.15, 0.2) is 6.10 Å². The van der Waals surface area contributed by atoms with Crippen LogP contribution >= 0.6 is 7.82 Å². The number of esters is 2. The Morgan fingerprint density at radius 1 is 0.512 bits per heavy atom. The highest BCUT2D eigenvalue weighted by molar-refractivity contribution is 7.46. The summed E-state index contributed by atoms with van der Waals surface area (Å²) in [5.41, 5.74) is 0. The molecule has 1 atom stereocenters. The van der Waals surface area contributed by atoms with Crippen LogP contribution < -0.4 is 0 Å². The lowest BCUT2D eigenvalue weighted by Gasteiger charge is -2.18. The summed E-state index contributed by atoms with van der Waals surface area (Å²) in [7, 11) is -4.74. The molecule has 0 bridgehead atoms. The zero-order valence-electron chi connectivity index (χ0n) is 27.9. The molecule has 256 valence electrons. The minimum Gasteiger partial charge on any atom is -0.462 e. The van der Waals surface area contributed by atoms with E-state index in [-0.39, 0.29) is 19.4 Å². The van der Waals surface area contributed by atoms with E-state index < -0.39 is 32.5 Å². The number of rotatable bonds is 33. The predicted molar refractivity (Wildman–Crippen MR) is 175 cm³/mol. The zero-order valence-corrected chi connectivity index (χ0v) is 28.8. The molecule has 0 aromatic heterocycles. The molecule has 0 aliphatic carbocycles. The van der Waals surface area contributed by atoms with E-state index in [1.807, 2.05) is 0 Å². The number of unbranched alkanes of at least 4 members (excludes halogenated alkanes) is 23. The van der Waals surface area contributed by atoms with E-state index >= 15 is 0 Å². The molecule has 0 aromatic rings. The number of ether oxygens (including phenoxy) is 2. The van der Waals surface area contributed by atoms with Gasteiger partial charge in [0, 0.05) is 12.8 Å². The summed E-state index contributed by atoms with van der Waals surface area (Å²) in [5.74, 6) is -0.876. The van der Waals surface area contributed by atoms with Crippen LogP contribution in [0, 0.1) is 0 Å². The molecule has 0 fully saturated rings. The highest BCUT2D eigenvalue weighted by Crippen LogP contribution is 2.36. The summed E-state index contributed by atoms with van der Waals surface area (Å²) in [6, 6.07) is 0. The molecule has 0 amide bonds. The third kappa shape index (κ3) is 33.8. The summed E-state index contributed by atoms with van der Waals surface area (Å²) in [4.78, 5) is 42.5. The lowest BCUT2D eigenvalue weighted by molar-refractivity contribution is -0.161. The highest BCUT2D eigenvalue weighted by atomic mass is 31.2. The summed E-state index contributed by atoms with van der Waals surface area (Å²) < 4.78 is 26.2. The first kappa shape index (κ1) is 42.0. The number of carbonyl (C=O) groups excluding carboxylic acids is 2. The fraction of sp³-hybridized carbons (Fsp3) is 0.941. The molecule has 0 aliphatic rings. The summed E-state index contributed by atoms with van der Waals surface area (Å²) in [6.45, 7) is 3.67. The van der Waals surface area contributed by atoms with Crippen molar-refractivity contribution in [1.82, 2.24) is 0 Å². The molecule has 0 spiro atoms. The summed E-state index contributed by atoms with van der Waals surface area (Å²) >= 11 is 0. The van der Waals surface area contributed by atoms with Gasteiger partial charge in [-0.2, -0.15) is 0 Å². The van der Waals surface area contributed by atoms with Crippen LogP contribution in [0.3, 0.4) is 0 Å². The van der Waals surface area contributed by atoms with Crippen molar-refractivity contribution in [1.29, 1.82) is 0 Å². The van der Waals surface area contributed by atoms with Gasteiger partial charge in [0.05, 0.1) is 6.61 Å². The van der Waals surface area contributed by atoms with E-state index in [0.29, 0.717) is 6.42 Å². The maximum atomic E-state index is 12.3. The van der Waals surface area contributed by atoms with Gasteiger partial charge in [-0.1, -0.05) is 162 Å². The molecule has 0 rings (SSSR count). The fourth-order valence-electron chi connectivity index (χ4n) is 5.20. The van der Waals surface area contributed by atoms with Gasteiger partial charge in [0.1, 0.15) is 6.61 Å². The van der Waals surface area contributed by atoms with Crippen LogP contribution in [0.4, 0.5) is 0 Å². The first-order valence-corrected chi connectivity index (χ1v) is 19.4. The smallest absolute Gasteiger partial charge is 0.462 e. The number of hydrogen-bond acceptors (Lipinski definition) is 6. The van der Waals surface area contributed by atoms with E-state index in [1.165, 1.54) is 122 Å². The topological polar surface area (TPSA) is 119 Å². The molecule has 0 saturated heterocycles. The van der Waals surface area contributed by atoms with E-state index in [4.69, 9.17) is 19.3 Å². The van der Waals surface area contributed by atoms with Gasteiger partial charge in [0.2, 0.25) is 0 Å². The molecule has 0 aliphatic heterocycles. The molecule has 0 saturated carbocycles. The Morgan fingerprint density at radius 2 is 0.837 bits per heavy atom. The van der Waals surface area contributed by atoms with Crippen molar-refractivity contribution >= 4 is 19.8 Å². The van der Waals surface area contributed by atoms with Crippen molar-refractivity contribution in [2.45, 2.75) is 193 Å². The molecule has 43 heavy (non-hydrogen) atoms. The average molecular weight is 635 g/mol. The maximum Gasteiger partial charge on any atom is 0.469 e. The second kappa shape index (κ2) is 31.0. The Balaban J connectivity index is 3.94. The quantitative estimate of drug-likeness (QED) is 0.0416. The molecule has 2 N–H and O–H groups in total. The molecule has 0 unspecified atom stereocenters. The summed E-state index contributed by atoms with van der Waals surface area (Å²) in [5, 5.41) is 0. The molecule has 8 nitrogen and oxygen atoms in total. The van der Waals surface area contributed by atoms with Gasteiger partial charge >= 0.3 is 19.8 Å². The predicted octanol–water partition coefficient (Wildman–Crippen LogP) is 10.1. The Morgan fingerprint density at radius 3 is 1.19 bits per heavy atom. The number of phosphoric acid groups is 1. The average Bonchev–Trinajstić information content (AvgIpc) is 2.97. The third-order valence-corrected chi connectivity index (χ3v) is 8.36. The van der Waals surface area contributed by atoms with E-state index in [2.05, 4.69) is 18.4 Å². The third-order valence-electron chi connectivity index (χ3n) is 7.88. The standard InChI is InChI=1S/C34H67O8P/c1-3-5-7-9-11-13-15-16-17-18-19-21-23-25-27-29-34(36)42-32(31-41-43(37,38)39)30-40-33(35)28-26-24-22-20-14-12-10-8-6-4-2/h32H,3-31H2,1-2H3,(H2,37,38,39)/t32-/m1/s1. The van der Waals surface area contributed by atoms with Crippen LogP contribution in [-0.4, -0.2) is 41.0 Å². The van der Waals surface area contributed by atoms with Crippen LogP contribution in [0.1, 0.15) is 187 Å². The monoisotopic (exact) mass is 634 g/mol. The van der Waals surface area contributed by atoms with Gasteiger partial charge < -0.3 is 19.3 Å². The van der Waals surface area contributed by atoms with Crippen molar-refractivity contribution in [2.75, 3.05) is 13.2 Å². The minimum atomic E-state index is -4.74. The number of hydrogen-bond donors (Lipinski definition) is 2. The van der Waals surface area contributed by atoms with Crippen LogP contribution in [0.2, 0.25) is 0 Å².